The summed E-state index contributed by atoms with van der Waals surface area (Å²) in [5.74, 6) is 0. The lowest BCUT2D eigenvalue weighted by molar-refractivity contribution is 0.449. The van der Waals surface area contributed by atoms with E-state index >= 15 is 0 Å². The normalized spacial score (nSPS) is 29.3. The van der Waals surface area contributed by atoms with Gasteiger partial charge in [0, 0.05) is 18.2 Å². The van der Waals surface area contributed by atoms with Crippen molar-refractivity contribution in [3.63, 3.8) is 0 Å². The Balaban J connectivity index is 2.13. The molecule has 0 unspecified atom stereocenters. The van der Waals surface area contributed by atoms with Crippen molar-refractivity contribution in [2.75, 3.05) is 6.54 Å². The van der Waals surface area contributed by atoms with Gasteiger partial charge < -0.3 is 5.43 Å². The maximum absolute atomic E-state index is 4.04. The minimum atomic E-state index is 0.486. The zero-order valence-electron chi connectivity index (χ0n) is 5.56. The van der Waals surface area contributed by atoms with Crippen molar-refractivity contribution in [1.29, 1.82) is 0 Å². The fourth-order valence-corrected chi connectivity index (χ4v) is 1.82. The number of nitrogens with one attached hydrogen (secondary N) is 1. The predicted molar refractivity (Wildman–Crippen MR) is 37.4 cm³/mol. The first-order valence-electron chi connectivity index (χ1n) is 3.68. The van der Waals surface area contributed by atoms with E-state index in [1.165, 1.54) is 25.7 Å². The first-order valence-corrected chi connectivity index (χ1v) is 3.68. The SMILES string of the molecule is C1=NNCC12CCCC2. The van der Waals surface area contributed by atoms with Crippen LogP contribution in [0.25, 0.3) is 0 Å². The van der Waals surface area contributed by atoms with E-state index in [2.05, 4.69) is 16.7 Å². The minimum Gasteiger partial charge on any atom is -0.309 e. The standard InChI is InChI=1S/C7H12N2/c1-2-4-7(3-1)5-8-9-6-7/h5,9H,1-4,6H2. The number of hydrogen-bond donors (Lipinski definition) is 1. The van der Waals surface area contributed by atoms with E-state index in [0.29, 0.717) is 5.41 Å². The molecule has 2 aliphatic rings. The van der Waals surface area contributed by atoms with Crippen LogP contribution in [0.3, 0.4) is 0 Å². The fourth-order valence-electron chi connectivity index (χ4n) is 1.82. The second-order valence-electron chi connectivity index (χ2n) is 3.16. The van der Waals surface area contributed by atoms with Gasteiger partial charge in [-0.1, -0.05) is 12.8 Å². The monoisotopic (exact) mass is 124 g/mol. The lowest BCUT2D eigenvalue weighted by atomic mass is 9.89. The summed E-state index contributed by atoms with van der Waals surface area (Å²) in [6.07, 6.45) is 7.61. The Morgan fingerprint density at radius 2 is 2.11 bits per heavy atom. The Hall–Kier alpha value is -0.530. The average molecular weight is 124 g/mol. The van der Waals surface area contributed by atoms with Gasteiger partial charge >= 0.3 is 0 Å². The highest BCUT2D eigenvalue weighted by Crippen LogP contribution is 2.37. The van der Waals surface area contributed by atoms with Gasteiger partial charge in [0.05, 0.1) is 0 Å². The first-order chi connectivity index (χ1) is 4.41. The summed E-state index contributed by atoms with van der Waals surface area (Å²) in [5, 5.41) is 4.04. The molecule has 1 fully saturated rings. The average Bonchev–Trinajstić information content (AvgIpc) is 2.45. The second kappa shape index (κ2) is 1.72. The van der Waals surface area contributed by atoms with Crippen LogP contribution in [0.1, 0.15) is 25.7 Å². The molecule has 2 nitrogen and oxygen atoms in total. The van der Waals surface area contributed by atoms with Crippen LogP contribution in [-0.2, 0) is 0 Å². The Morgan fingerprint density at radius 1 is 1.33 bits per heavy atom. The molecule has 2 rings (SSSR count). The van der Waals surface area contributed by atoms with E-state index in [-0.39, 0.29) is 0 Å². The largest absolute Gasteiger partial charge is 0.309 e. The van der Waals surface area contributed by atoms with Gasteiger partial charge in [-0.3, -0.25) is 0 Å². The van der Waals surface area contributed by atoms with E-state index in [4.69, 9.17) is 0 Å². The van der Waals surface area contributed by atoms with E-state index in [9.17, 15) is 0 Å². The van der Waals surface area contributed by atoms with E-state index in [1.54, 1.807) is 0 Å². The minimum absolute atomic E-state index is 0.486. The van der Waals surface area contributed by atoms with Gasteiger partial charge in [-0.05, 0) is 12.8 Å². The zero-order valence-corrected chi connectivity index (χ0v) is 5.56. The van der Waals surface area contributed by atoms with Crippen LogP contribution in [0.15, 0.2) is 5.10 Å². The van der Waals surface area contributed by atoms with Crippen molar-refractivity contribution in [2.45, 2.75) is 25.7 Å². The Bertz CT molecular complexity index is 134. The maximum atomic E-state index is 4.04. The zero-order chi connectivity index (χ0) is 6.16. The Morgan fingerprint density at radius 3 is 2.67 bits per heavy atom. The molecule has 0 amide bonds. The molecule has 0 atom stereocenters. The van der Waals surface area contributed by atoms with E-state index in [0.717, 1.165) is 6.54 Å². The highest BCUT2D eigenvalue weighted by molar-refractivity contribution is 5.68. The highest BCUT2D eigenvalue weighted by atomic mass is 15.3. The molecule has 0 aromatic heterocycles. The Kier molecular flexibility index (Phi) is 1.01. The Labute approximate surface area is 55.3 Å². The van der Waals surface area contributed by atoms with Gasteiger partial charge in [0.1, 0.15) is 0 Å². The molecule has 1 saturated carbocycles. The molecule has 0 radical (unpaired) electrons. The molecule has 1 aliphatic carbocycles. The van der Waals surface area contributed by atoms with Crippen LogP contribution < -0.4 is 5.43 Å². The summed E-state index contributed by atoms with van der Waals surface area (Å²) in [7, 11) is 0. The molecule has 1 spiro atoms. The topological polar surface area (TPSA) is 24.4 Å². The third-order valence-corrected chi connectivity index (χ3v) is 2.46. The summed E-state index contributed by atoms with van der Waals surface area (Å²) in [4.78, 5) is 0. The van der Waals surface area contributed by atoms with Crippen molar-refractivity contribution in [2.24, 2.45) is 10.5 Å². The van der Waals surface area contributed by atoms with Crippen molar-refractivity contribution < 1.29 is 0 Å². The summed E-state index contributed by atoms with van der Waals surface area (Å²) in [6.45, 7) is 1.09. The molecule has 9 heavy (non-hydrogen) atoms. The number of hydrogen-bond acceptors (Lipinski definition) is 2. The quantitative estimate of drug-likeness (QED) is 0.514. The first kappa shape index (κ1) is 5.27. The van der Waals surface area contributed by atoms with Crippen LogP contribution in [0.5, 0.6) is 0 Å². The number of hydrazone groups is 1. The smallest absolute Gasteiger partial charge is 0.0436 e. The molecule has 50 valence electrons. The molecule has 0 bridgehead atoms. The molecule has 1 aliphatic heterocycles. The van der Waals surface area contributed by atoms with Crippen LogP contribution >= 0.6 is 0 Å². The molecular weight excluding hydrogens is 112 g/mol. The van der Waals surface area contributed by atoms with Crippen LogP contribution in [0, 0.1) is 5.41 Å². The van der Waals surface area contributed by atoms with Crippen molar-refractivity contribution in [3.8, 4) is 0 Å². The van der Waals surface area contributed by atoms with Crippen molar-refractivity contribution >= 4 is 6.21 Å². The molecule has 0 aromatic rings. The third kappa shape index (κ3) is 0.732. The van der Waals surface area contributed by atoms with Gasteiger partial charge in [0.2, 0.25) is 0 Å². The lowest BCUT2D eigenvalue weighted by Crippen LogP contribution is -2.22. The summed E-state index contributed by atoms with van der Waals surface area (Å²) < 4.78 is 0. The van der Waals surface area contributed by atoms with Crippen LogP contribution in [0.4, 0.5) is 0 Å². The maximum Gasteiger partial charge on any atom is 0.0436 e. The van der Waals surface area contributed by atoms with E-state index < -0.39 is 0 Å². The van der Waals surface area contributed by atoms with Gasteiger partial charge in [-0.25, -0.2) is 0 Å². The van der Waals surface area contributed by atoms with E-state index in [1.807, 2.05) is 0 Å². The third-order valence-electron chi connectivity index (χ3n) is 2.46. The van der Waals surface area contributed by atoms with Gasteiger partial charge in [0.25, 0.3) is 0 Å². The molecular formula is C7H12N2. The van der Waals surface area contributed by atoms with Gasteiger partial charge in [-0.2, -0.15) is 5.10 Å². The van der Waals surface area contributed by atoms with Gasteiger partial charge in [-0.15, -0.1) is 0 Å². The molecule has 2 heteroatoms. The molecule has 0 saturated heterocycles. The fraction of sp³-hybridized carbons (Fsp3) is 0.857. The summed E-state index contributed by atoms with van der Waals surface area (Å²) in [6, 6.07) is 0. The molecule has 1 N–H and O–H groups in total. The number of rotatable bonds is 0. The van der Waals surface area contributed by atoms with Gasteiger partial charge in [0.15, 0.2) is 0 Å². The van der Waals surface area contributed by atoms with Crippen LogP contribution in [0.2, 0.25) is 0 Å². The van der Waals surface area contributed by atoms with Crippen molar-refractivity contribution in [3.05, 3.63) is 0 Å². The highest BCUT2D eigenvalue weighted by Gasteiger charge is 2.34. The predicted octanol–water partition coefficient (Wildman–Crippen LogP) is 1.14. The molecule has 1 heterocycles. The second-order valence-corrected chi connectivity index (χ2v) is 3.16. The summed E-state index contributed by atoms with van der Waals surface area (Å²) in [5.41, 5.74) is 3.51. The van der Waals surface area contributed by atoms with Crippen LogP contribution in [-0.4, -0.2) is 12.8 Å². The number of nitrogens with zero attached hydrogens (tertiary/aromatic N) is 1. The van der Waals surface area contributed by atoms with Crippen molar-refractivity contribution in [1.82, 2.24) is 5.43 Å². The lowest BCUT2D eigenvalue weighted by Gasteiger charge is -2.15. The molecule has 0 aromatic carbocycles. The summed E-state index contributed by atoms with van der Waals surface area (Å²) >= 11 is 0.